The monoisotopic (exact) mass is 446 g/mol. The Labute approximate surface area is 172 Å². The average molecular weight is 447 g/mol. The second-order valence-corrected chi connectivity index (χ2v) is 8.90. The highest BCUT2D eigenvalue weighted by Gasteiger charge is 2.29. The number of thioether (sulfide) groups is 1. The number of rotatable bonds is 5. The molecule has 142 valence electrons. The Morgan fingerprint density at radius 3 is 2.56 bits per heavy atom. The van der Waals surface area contributed by atoms with Gasteiger partial charge in [-0.05, 0) is 52.0 Å². The van der Waals surface area contributed by atoms with Crippen molar-refractivity contribution in [3.8, 4) is 0 Å². The molecule has 3 rings (SSSR count). The summed E-state index contributed by atoms with van der Waals surface area (Å²) in [7, 11) is 0. The van der Waals surface area contributed by atoms with E-state index in [1.807, 2.05) is 49.9 Å². The molecule has 1 aliphatic heterocycles. The van der Waals surface area contributed by atoms with E-state index in [4.69, 9.17) is 0 Å². The van der Waals surface area contributed by atoms with E-state index < -0.39 is 6.04 Å². The third kappa shape index (κ3) is 4.74. The van der Waals surface area contributed by atoms with Crippen molar-refractivity contribution in [1.82, 2.24) is 10.6 Å². The minimum Gasteiger partial charge on any atom is -0.347 e. The van der Waals surface area contributed by atoms with Crippen molar-refractivity contribution in [2.24, 2.45) is 5.92 Å². The number of nitrogens with one attached hydrogen (secondary N) is 2. The summed E-state index contributed by atoms with van der Waals surface area (Å²) in [6.45, 7) is 3.88. The van der Waals surface area contributed by atoms with Gasteiger partial charge in [-0.25, -0.2) is 0 Å². The maximum absolute atomic E-state index is 13.0. The molecular weight excluding hydrogens is 424 g/mol. The van der Waals surface area contributed by atoms with Gasteiger partial charge in [-0.1, -0.05) is 44.2 Å². The smallest absolute Gasteiger partial charge is 0.253 e. The molecule has 0 saturated heterocycles. The van der Waals surface area contributed by atoms with E-state index in [0.29, 0.717) is 10.0 Å². The maximum atomic E-state index is 13.0. The number of carbonyl (C=O) groups is 2. The molecule has 1 aliphatic rings. The van der Waals surface area contributed by atoms with E-state index in [-0.39, 0.29) is 23.8 Å². The van der Waals surface area contributed by atoms with Crippen molar-refractivity contribution in [2.45, 2.75) is 37.2 Å². The predicted octanol–water partition coefficient (Wildman–Crippen LogP) is 4.56. The van der Waals surface area contributed by atoms with Gasteiger partial charge in [0.05, 0.1) is 11.6 Å². The molecule has 27 heavy (non-hydrogen) atoms. The van der Waals surface area contributed by atoms with E-state index >= 15 is 0 Å². The molecule has 0 aliphatic carbocycles. The zero-order valence-corrected chi connectivity index (χ0v) is 17.8. The number of carbonyl (C=O) groups excluding carboxylic acids is 2. The molecule has 0 radical (unpaired) electrons. The van der Waals surface area contributed by atoms with E-state index in [1.165, 1.54) is 4.90 Å². The minimum absolute atomic E-state index is 0.0171. The third-order valence-corrected chi connectivity index (χ3v) is 6.44. The highest BCUT2D eigenvalue weighted by atomic mass is 79.9. The quantitative estimate of drug-likeness (QED) is 0.707. The Kier molecular flexibility index (Phi) is 6.60. The zero-order chi connectivity index (χ0) is 19.4. The molecule has 2 amide bonds. The number of hydrogen-bond acceptors (Lipinski definition) is 3. The van der Waals surface area contributed by atoms with Crippen molar-refractivity contribution in [1.29, 1.82) is 0 Å². The van der Waals surface area contributed by atoms with Crippen molar-refractivity contribution in [3.63, 3.8) is 0 Å². The van der Waals surface area contributed by atoms with Crippen LogP contribution in [0.25, 0.3) is 0 Å². The van der Waals surface area contributed by atoms with Gasteiger partial charge in [0.25, 0.3) is 5.91 Å². The molecule has 0 spiro atoms. The van der Waals surface area contributed by atoms with Crippen molar-refractivity contribution in [3.05, 3.63) is 64.1 Å². The topological polar surface area (TPSA) is 58.2 Å². The van der Waals surface area contributed by atoms with Crippen LogP contribution in [0.2, 0.25) is 0 Å². The Balaban J connectivity index is 1.73. The fraction of sp³-hybridized carbons (Fsp3) is 0.333. The molecule has 4 nitrogen and oxygen atoms in total. The lowest BCUT2D eigenvalue weighted by Gasteiger charge is -2.29. The van der Waals surface area contributed by atoms with Crippen molar-refractivity contribution in [2.75, 3.05) is 5.75 Å². The minimum atomic E-state index is -0.591. The Morgan fingerprint density at radius 2 is 1.81 bits per heavy atom. The van der Waals surface area contributed by atoms with Gasteiger partial charge in [0.15, 0.2) is 0 Å². The van der Waals surface area contributed by atoms with Crippen LogP contribution in [0.5, 0.6) is 0 Å². The number of benzene rings is 2. The van der Waals surface area contributed by atoms with Crippen LogP contribution in [0.3, 0.4) is 0 Å². The van der Waals surface area contributed by atoms with Crippen molar-refractivity contribution < 1.29 is 9.59 Å². The summed E-state index contributed by atoms with van der Waals surface area (Å²) in [5.74, 6) is 0.551. The summed E-state index contributed by atoms with van der Waals surface area (Å²) in [6, 6.07) is 14.8. The van der Waals surface area contributed by atoms with Crippen LogP contribution >= 0.6 is 27.7 Å². The molecule has 0 aromatic heterocycles. The first-order chi connectivity index (χ1) is 13.0. The van der Waals surface area contributed by atoms with Crippen LogP contribution in [0, 0.1) is 5.92 Å². The van der Waals surface area contributed by atoms with Gasteiger partial charge in [0.1, 0.15) is 6.04 Å². The van der Waals surface area contributed by atoms with Crippen LogP contribution < -0.4 is 10.6 Å². The van der Waals surface area contributed by atoms with Crippen LogP contribution in [-0.2, 0) is 4.79 Å². The van der Waals surface area contributed by atoms with Gasteiger partial charge >= 0.3 is 0 Å². The Morgan fingerprint density at radius 1 is 1.11 bits per heavy atom. The third-order valence-electron chi connectivity index (χ3n) is 4.63. The van der Waals surface area contributed by atoms with Gasteiger partial charge in [-0.15, -0.1) is 11.8 Å². The van der Waals surface area contributed by atoms with E-state index in [9.17, 15) is 9.59 Å². The number of fused-ring (bicyclic) bond motifs is 1. The molecule has 0 bridgehead atoms. The average Bonchev–Trinajstić information content (AvgIpc) is 2.66. The van der Waals surface area contributed by atoms with Gasteiger partial charge in [0, 0.05) is 15.1 Å². The molecule has 1 unspecified atom stereocenters. The first-order valence-electron chi connectivity index (χ1n) is 9.05. The Hall–Kier alpha value is -1.79. The summed E-state index contributed by atoms with van der Waals surface area (Å²) in [6.07, 6.45) is 0.885. The number of halogens is 1. The standard InChI is InChI=1S/C21H23BrN2O2S/c1-13(2)19(24-20(25)14-7-3-5-9-16(14)22)21(26)23-17-11-12-27-18-10-6-4-8-15(17)18/h3-10,13,17,19H,11-12H2,1-2H3,(H,23,26)(H,24,25)/t17?,19-/m1/s1. The summed E-state index contributed by atoms with van der Waals surface area (Å²) in [5, 5.41) is 6.05. The van der Waals surface area contributed by atoms with Crippen LogP contribution in [0.4, 0.5) is 0 Å². The molecule has 2 atom stereocenters. The molecule has 2 N–H and O–H groups in total. The number of amides is 2. The summed E-state index contributed by atoms with van der Waals surface area (Å²) in [5.41, 5.74) is 1.68. The molecule has 6 heteroatoms. The lowest BCUT2D eigenvalue weighted by atomic mass is 9.99. The van der Waals surface area contributed by atoms with Crippen molar-refractivity contribution >= 4 is 39.5 Å². The SMILES string of the molecule is CC(C)[C@@H](NC(=O)c1ccccc1Br)C(=O)NC1CCSc2ccccc21. The molecule has 2 aromatic rings. The lowest BCUT2D eigenvalue weighted by molar-refractivity contribution is -0.124. The lowest BCUT2D eigenvalue weighted by Crippen LogP contribution is -2.50. The van der Waals surface area contributed by atoms with Crippen LogP contribution in [0.15, 0.2) is 57.9 Å². The van der Waals surface area contributed by atoms with Gasteiger partial charge < -0.3 is 10.6 Å². The van der Waals surface area contributed by atoms with Gasteiger partial charge in [-0.2, -0.15) is 0 Å². The molecule has 2 aromatic carbocycles. The van der Waals surface area contributed by atoms with E-state index in [2.05, 4.69) is 38.7 Å². The second-order valence-electron chi connectivity index (χ2n) is 6.91. The van der Waals surface area contributed by atoms with Crippen LogP contribution in [0.1, 0.15) is 42.2 Å². The second kappa shape index (κ2) is 8.93. The number of hydrogen-bond donors (Lipinski definition) is 2. The highest BCUT2D eigenvalue weighted by Crippen LogP contribution is 2.35. The Bertz CT molecular complexity index is 840. The normalized spacial score (nSPS) is 17.1. The molecular formula is C21H23BrN2O2S. The highest BCUT2D eigenvalue weighted by molar-refractivity contribution is 9.10. The molecule has 0 saturated carbocycles. The first-order valence-corrected chi connectivity index (χ1v) is 10.8. The van der Waals surface area contributed by atoms with E-state index in [1.54, 1.807) is 12.1 Å². The van der Waals surface area contributed by atoms with Gasteiger partial charge in [0.2, 0.25) is 5.91 Å². The summed E-state index contributed by atoms with van der Waals surface area (Å²) >= 11 is 5.21. The zero-order valence-electron chi connectivity index (χ0n) is 15.4. The van der Waals surface area contributed by atoms with Crippen LogP contribution in [-0.4, -0.2) is 23.6 Å². The predicted molar refractivity (Wildman–Crippen MR) is 113 cm³/mol. The fourth-order valence-electron chi connectivity index (χ4n) is 3.15. The fourth-order valence-corrected chi connectivity index (χ4v) is 4.74. The molecule has 1 heterocycles. The molecule has 0 fully saturated rings. The van der Waals surface area contributed by atoms with E-state index in [0.717, 1.165) is 17.7 Å². The largest absolute Gasteiger partial charge is 0.347 e. The summed E-state index contributed by atoms with van der Waals surface area (Å²) < 4.78 is 0.712. The first kappa shape index (κ1) is 20.0. The summed E-state index contributed by atoms with van der Waals surface area (Å²) in [4.78, 5) is 26.8. The van der Waals surface area contributed by atoms with Gasteiger partial charge in [-0.3, -0.25) is 9.59 Å². The maximum Gasteiger partial charge on any atom is 0.253 e.